The van der Waals surface area contributed by atoms with Gasteiger partial charge in [-0.1, -0.05) is 0 Å². The molecule has 0 radical (unpaired) electrons. The summed E-state index contributed by atoms with van der Waals surface area (Å²) in [5, 5.41) is 21.7. The molecule has 9 nitrogen and oxygen atoms in total. The summed E-state index contributed by atoms with van der Waals surface area (Å²) in [6, 6.07) is -2.28. The molecule has 0 bridgehead atoms. The number of carbonyl (C=O) groups is 3. The van der Waals surface area contributed by atoms with Crippen LogP contribution in [-0.2, 0) is 16.1 Å². The average molecular weight is 282 g/mol. The van der Waals surface area contributed by atoms with Gasteiger partial charge in [0.1, 0.15) is 6.04 Å². The van der Waals surface area contributed by atoms with Gasteiger partial charge in [0, 0.05) is 6.20 Å². The smallest absolute Gasteiger partial charge is 0.326 e. The summed E-state index contributed by atoms with van der Waals surface area (Å²) < 4.78 is 0. The van der Waals surface area contributed by atoms with Crippen molar-refractivity contribution >= 4 is 18.0 Å². The third kappa shape index (κ3) is 5.29. The maximum Gasteiger partial charge on any atom is 0.326 e. The van der Waals surface area contributed by atoms with Gasteiger partial charge in [-0.25, -0.2) is 9.59 Å². The van der Waals surface area contributed by atoms with Gasteiger partial charge in [-0.05, 0) is 6.92 Å². The van der Waals surface area contributed by atoms with E-state index in [1.165, 1.54) is 12.4 Å². The number of aromatic nitrogens is 2. The molecular weight excluding hydrogens is 268 g/mol. The number of hydrogen-bond acceptors (Lipinski definition) is 5. The SMILES string of the molecule is Cc1cnc(CNC(=O)N[C@@H](CC(=O)O)C(=O)O)cn1. The lowest BCUT2D eigenvalue weighted by Crippen LogP contribution is -2.46. The van der Waals surface area contributed by atoms with E-state index < -0.39 is 30.4 Å². The number of amides is 2. The van der Waals surface area contributed by atoms with Crippen LogP contribution in [0.5, 0.6) is 0 Å². The molecule has 1 heterocycles. The molecule has 9 heteroatoms. The molecule has 1 aromatic rings. The lowest BCUT2D eigenvalue weighted by Gasteiger charge is -2.13. The zero-order valence-electron chi connectivity index (χ0n) is 10.7. The summed E-state index contributed by atoms with van der Waals surface area (Å²) in [5.41, 5.74) is 1.22. The number of carboxylic acids is 2. The molecule has 0 fully saturated rings. The van der Waals surface area contributed by atoms with Gasteiger partial charge in [0.05, 0.1) is 30.6 Å². The molecule has 1 atom stereocenters. The number of nitrogens with zero attached hydrogens (tertiary/aromatic N) is 2. The second-order valence-electron chi connectivity index (χ2n) is 3.96. The van der Waals surface area contributed by atoms with Gasteiger partial charge in [-0.3, -0.25) is 14.8 Å². The zero-order valence-corrected chi connectivity index (χ0v) is 10.7. The van der Waals surface area contributed by atoms with Crippen molar-refractivity contribution in [1.82, 2.24) is 20.6 Å². The summed E-state index contributed by atoms with van der Waals surface area (Å²) in [7, 11) is 0. The van der Waals surface area contributed by atoms with Crippen LogP contribution in [0.4, 0.5) is 4.79 Å². The molecule has 0 aliphatic carbocycles. The van der Waals surface area contributed by atoms with E-state index in [0.717, 1.165) is 5.69 Å². The number of aryl methyl sites for hydroxylation is 1. The van der Waals surface area contributed by atoms with Crippen molar-refractivity contribution in [3.8, 4) is 0 Å². The van der Waals surface area contributed by atoms with Crippen molar-refractivity contribution in [2.75, 3.05) is 0 Å². The molecule has 0 saturated carbocycles. The molecule has 0 aliphatic heterocycles. The van der Waals surface area contributed by atoms with Gasteiger partial charge in [-0.2, -0.15) is 0 Å². The van der Waals surface area contributed by atoms with E-state index in [4.69, 9.17) is 10.2 Å². The predicted octanol–water partition coefficient (Wildman–Crippen LogP) is -0.488. The molecule has 0 aliphatic rings. The maximum atomic E-state index is 11.5. The van der Waals surface area contributed by atoms with Crippen molar-refractivity contribution in [3.63, 3.8) is 0 Å². The third-order valence-electron chi connectivity index (χ3n) is 2.25. The van der Waals surface area contributed by atoms with Crippen LogP contribution in [0, 0.1) is 6.92 Å². The van der Waals surface area contributed by atoms with Gasteiger partial charge >= 0.3 is 18.0 Å². The Balaban J connectivity index is 2.47. The van der Waals surface area contributed by atoms with Crippen LogP contribution >= 0.6 is 0 Å². The molecule has 1 aromatic heterocycles. The van der Waals surface area contributed by atoms with E-state index in [1.807, 2.05) is 0 Å². The van der Waals surface area contributed by atoms with Gasteiger partial charge in [0.2, 0.25) is 0 Å². The first-order valence-corrected chi connectivity index (χ1v) is 5.65. The Hall–Kier alpha value is -2.71. The minimum Gasteiger partial charge on any atom is -0.481 e. The van der Waals surface area contributed by atoms with E-state index >= 15 is 0 Å². The molecular formula is C11H14N4O5. The van der Waals surface area contributed by atoms with Gasteiger partial charge in [0.15, 0.2) is 0 Å². The summed E-state index contributed by atoms with van der Waals surface area (Å²) >= 11 is 0. The molecule has 0 spiro atoms. The molecule has 0 aromatic carbocycles. The Kier molecular flexibility index (Phi) is 5.39. The van der Waals surface area contributed by atoms with Crippen LogP contribution in [-0.4, -0.2) is 44.2 Å². The van der Waals surface area contributed by atoms with Crippen LogP contribution in [0.3, 0.4) is 0 Å². The first-order valence-electron chi connectivity index (χ1n) is 5.65. The monoisotopic (exact) mass is 282 g/mol. The third-order valence-corrected chi connectivity index (χ3v) is 2.25. The normalized spacial score (nSPS) is 11.4. The number of carboxylic acid groups (broad SMARTS) is 2. The molecule has 2 amide bonds. The fourth-order valence-electron chi connectivity index (χ4n) is 1.27. The number of carbonyl (C=O) groups excluding carboxylic acids is 1. The summed E-state index contributed by atoms with van der Waals surface area (Å²) in [6.45, 7) is 1.82. The zero-order chi connectivity index (χ0) is 15.1. The van der Waals surface area contributed by atoms with Crippen LogP contribution < -0.4 is 10.6 Å². The van der Waals surface area contributed by atoms with E-state index in [0.29, 0.717) is 5.69 Å². The minimum absolute atomic E-state index is 0.0541. The molecule has 0 saturated heterocycles. The van der Waals surface area contributed by atoms with Crippen LogP contribution in [0.25, 0.3) is 0 Å². The Morgan fingerprint density at radius 1 is 1.25 bits per heavy atom. The standard InChI is InChI=1S/C11H14N4O5/c1-6-3-13-7(4-12-6)5-14-11(20)15-8(10(18)19)2-9(16)17/h3-4,8H,2,5H2,1H3,(H,16,17)(H,18,19)(H2,14,15,20)/t8-/m0/s1. The van der Waals surface area contributed by atoms with Crippen molar-refractivity contribution in [1.29, 1.82) is 0 Å². The molecule has 0 unspecified atom stereocenters. The lowest BCUT2D eigenvalue weighted by atomic mass is 10.2. The fraction of sp³-hybridized carbons (Fsp3) is 0.364. The highest BCUT2D eigenvalue weighted by molar-refractivity contribution is 5.86. The molecule has 4 N–H and O–H groups in total. The first-order chi connectivity index (χ1) is 9.38. The van der Waals surface area contributed by atoms with E-state index in [9.17, 15) is 14.4 Å². The largest absolute Gasteiger partial charge is 0.481 e. The van der Waals surface area contributed by atoms with Gasteiger partial charge < -0.3 is 20.8 Å². The quantitative estimate of drug-likeness (QED) is 0.551. The Morgan fingerprint density at radius 2 is 1.95 bits per heavy atom. The van der Waals surface area contributed by atoms with Crippen LogP contribution in [0.15, 0.2) is 12.4 Å². The maximum absolute atomic E-state index is 11.5. The fourth-order valence-corrected chi connectivity index (χ4v) is 1.27. The van der Waals surface area contributed by atoms with Crippen LogP contribution in [0.2, 0.25) is 0 Å². The minimum atomic E-state index is -1.49. The number of urea groups is 1. The highest BCUT2D eigenvalue weighted by Gasteiger charge is 2.22. The summed E-state index contributed by atoms with van der Waals surface area (Å²) in [6.07, 6.45) is 2.30. The van der Waals surface area contributed by atoms with Crippen molar-refractivity contribution in [2.24, 2.45) is 0 Å². The number of hydrogen-bond donors (Lipinski definition) is 4. The molecule has 20 heavy (non-hydrogen) atoms. The van der Waals surface area contributed by atoms with Gasteiger partial charge in [-0.15, -0.1) is 0 Å². The van der Waals surface area contributed by atoms with Crippen molar-refractivity contribution in [2.45, 2.75) is 25.9 Å². The Bertz CT molecular complexity index is 502. The average Bonchev–Trinajstić information content (AvgIpc) is 2.36. The van der Waals surface area contributed by atoms with E-state index in [-0.39, 0.29) is 6.54 Å². The van der Waals surface area contributed by atoms with Crippen molar-refractivity contribution < 1.29 is 24.6 Å². The summed E-state index contributed by atoms with van der Waals surface area (Å²) in [5.74, 6) is -2.74. The lowest BCUT2D eigenvalue weighted by molar-refractivity contribution is -0.145. The Labute approximate surface area is 114 Å². The van der Waals surface area contributed by atoms with E-state index in [1.54, 1.807) is 6.92 Å². The molecule has 108 valence electrons. The second kappa shape index (κ2) is 7.02. The molecule has 1 rings (SSSR count). The highest BCUT2D eigenvalue weighted by atomic mass is 16.4. The predicted molar refractivity (Wildman–Crippen MR) is 65.8 cm³/mol. The topological polar surface area (TPSA) is 142 Å². The van der Waals surface area contributed by atoms with E-state index in [2.05, 4.69) is 20.6 Å². The number of aliphatic carboxylic acids is 2. The Morgan fingerprint density at radius 3 is 2.45 bits per heavy atom. The highest BCUT2D eigenvalue weighted by Crippen LogP contribution is 1.95. The number of nitrogens with one attached hydrogen (secondary N) is 2. The number of rotatable bonds is 6. The second-order valence-corrected chi connectivity index (χ2v) is 3.96. The van der Waals surface area contributed by atoms with Gasteiger partial charge in [0.25, 0.3) is 0 Å². The first kappa shape index (κ1) is 15.3. The van der Waals surface area contributed by atoms with Crippen LogP contribution in [0.1, 0.15) is 17.8 Å². The van der Waals surface area contributed by atoms with Crippen molar-refractivity contribution in [3.05, 3.63) is 23.8 Å². The summed E-state index contributed by atoms with van der Waals surface area (Å²) in [4.78, 5) is 40.6.